The van der Waals surface area contributed by atoms with E-state index in [1.165, 1.54) is 0 Å². The van der Waals surface area contributed by atoms with Crippen LogP contribution in [0.2, 0.25) is 0 Å². The molecule has 0 atom stereocenters. The molecule has 0 bridgehead atoms. The molecule has 0 fully saturated rings. The summed E-state index contributed by atoms with van der Waals surface area (Å²) in [6, 6.07) is 9.17. The molecule has 0 saturated heterocycles. The first-order chi connectivity index (χ1) is 11.0. The van der Waals surface area contributed by atoms with Gasteiger partial charge in [0.25, 0.3) is 0 Å². The molecule has 118 valence electrons. The summed E-state index contributed by atoms with van der Waals surface area (Å²) in [6.07, 6.45) is 0. The van der Waals surface area contributed by atoms with Crippen LogP contribution in [0.5, 0.6) is 5.75 Å². The molecule has 3 aromatic rings. The van der Waals surface area contributed by atoms with Gasteiger partial charge in [0.1, 0.15) is 5.75 Å². The first-order valence-electron chi connectivity index (χ1n) is 7.32. The maximum absolute atomic E-state index is 12.0. The summed E-state index contributed by atoms with van der Waals surface area (Å²) in [5.74, 6) is 1.34. The molecule has 5 nitrogen and oxygen atoms in total. The molecule has 0 aliphatic rings. The van der Waals surface area contributed by atoms with Crippen LogP contribution in [0.15, 0.2) is 39.6 Å². The molecule has 1 aromatic carbocycles. The first kappa shape index (κ1) is 15.1. The summed E-state index contributed by atoms with van der Waals surface area (Å²) in [5.41, 5.74) is 4.83. The molecule has 2 heterocycles. The van der Waals surface area contributed by atoms with Crippen LogP contribution < -0.4 is 10.2 Å². The lowest BCUT2D eigenvalue weighted by Gasteiger charge is -2.11. The Hall–Kier alpha value is -2.82. The van der Waals surface area contributed by atoms with Gasteiger partial charge in [-0.1, -0.05) is 11.2 Å². The normalized spacial score (nSPS) is 10.8. The molecule has 2 aromatic heterocycles. The smallest absolute Gasteiger partial charge is 0.185 e. The van der Waals surface area contributed by atoms with E-state index in [2.05, 4.69) is 10.1 Å². The van der Waals surface area contributed by atoms with Gasteiger partial charge in [0, 0.05) is 34.5 Å². The summed E-state index contributed by atoms with van der Waals surface area (Å²) in [5, 5.41) is 3.90. The highest BCUT2D eigenvalue weighted by atomic mass is 16.5. The van der Waals surface area contributed by atoms with Gasteiger partial charge in [0.15, 0.2) is 11.2 Å². The van der Waals surface area contributed by atoms with Gasteiger partial charge in [0.2, 0.25) is 0 Å². The minimum absolute atomic E-state index is 0.00763. The number of nitrogens with one attached hydrogen (secondary N) is 1. The lowest BCUT2D eigenvalue weighted by molar-refractivity contribution is 0.414. The summed E-state index contributed by atoms with van der Waals surface area (Å²) in [4.78, 5) is 15.3. The number of aromatic nitrogens is 2. The van der Waals surface area contributed by atoms with Crippen LogP contribution in [0.25, 0.3) is 22.6 Å². The highest BCUT2D eigenvalue weighted by Crippen LogP contribution is 2.33. The number of H-pyrrole nitrogens is 1. The molecule has 1 N–H and O–H groups in total. The predicted octanol–water partition coefficient (Wildman–Crippen LogP) is 3.63. The summed E-state index contributed by atoms with van der Waals surface area (Å²) < 4.78 is 10.8. The Morgan fingerprint density at radius 1 is 1.13 bits per heavy atom. The number of aromatic amines is 1. The molecule has 0 aliphatic heterocycles. The van der Waals surface area contributed by atoms with Crippen LogP contribution in [-0.4, -0.2) is 17.3 Å². The molecule has 0 aliphatic carbocycles. The Bertz CT molecular complexity index is 922. The zero-order chi connectivity index (χ0) is 16.6. The van der Waals surface area contributed by atoms with Crippen molar-refractivity contribution < 1.29 is 9.26 Å². The predicted molar refractivity (Wildman–Crippen MR) is 88.8 cm³/mol. The van der Waals surface area contributed by atoms with E-state index in [1.807, 2.05) is 45.0 Å². The highest BCUT2D eigenvalue weighted by molar-refractivity contribution is 5.73. The lowest BCUT2D eigenvalue weighted by Crippen LogP contribution is -2.08. The molecule has 5 heteroatoms. The quantitative estimate of drug-likeness (QED) is 0.802. The second-order valence-electron chi connectivity index (χ2n) is 5.54. The number of aryl methyl sites for hydroxylation is 2. The fourth-order valence-corrected chi connectivity index (χ4v) is 2.47. The number of hydrogen-bond donors (Lipinski definition) is 1. The Morgan fingerprint density at radius 3 is 2.52 bits per heavy atom. The molecule has 3 rings (SSSR count). The van der Waals surface area contributed by atoms with Crippen molar-refractivity contribution in [3.05, 3.63) is 57.5 Å². The largest absolute Gasteiger partial charge is 0.496 e. The van der Waals surface area contributed by atoms with E-state index in [0.717, 1.165) is 33.8 Å². The zero-order valence-corrected chi connectivity index (χ0v) is 13.6. The monoisotopic (exact) mass is 310 g/mol. The molecular weight excluding hydrogens is 292 g/mol. The van der Waals surface area contributed by atoms with Crippen LogP contribution in [-0.2, 0) is 0 Å². The molecule has 0 spiro atoms. The van der Waals surface area contributed by atoms with Crippen LogP contribution in [0.3, 0.4) is 0 Å². The Balaban J connectivity index is 2.12. The van der Waals surface area contributed by atoms with Crippen molar-refractivity contribution in [2.24, 2.45) is 0 Å². The van der Waals surface area contributed by atoms with Crippen molar-refractivity contribution in [1.29, 1.82) is 0 Å². The minimum Gasteiger partial charge on any atom is -0.496 e. The second kappa shape index (κ2) is 5.76. The molecule has 0 amide bonds. The molecule has 0 radical (unpaired) electrons. The van der Waals surface area contributed by atoms with Crippen LogP contribution in [0, 0.1) is 20.8 Å². The number of pyridine rings is 1. The Morgan fingerprint density at radius 2 is 1.91 bits per heavy atom. The average molecular weight is 310 g/mol. The summed E-state index contributed by atoms with van der Waals surface area (Å²) >= 11 is 0. The van der Waals surface area contributed by atoms with Gasteiger partial charge in [-0.25, -0.2) is 0 Å². The second-order valence-corrected chi connectivity index (χ2v) is 5.54. The standard InChI is InChI=1S/C18H18N2O3/c1-10-7-17(23-20-10)13-5-6-14(18(8-13)22-4)15-9-16(21)11(2)12(3)19-15/h5-9H,1-4H3,(H,19,21). The number of ether oxygens (including phenoxy) is 1. The number of benzene rings is 1. The van der Waals surface area contributed by atoms with Crippen molar-refractivity contribution in [2.45, 2.75) is 20.8 Å². The first-order valence-corrected chi connectivity index (χ1v) is 7.32. The van der Waals surface area contributed by atoms with E-state index in [0.29, 0.717) is 11.5 Å². The number of nitrogens with zero attached hydrogens (tertiary/aromatic N) is 1. The molecular formula is C18H18N2O3. The SMILES string of the molecule is COc1cc(-c2cc(C)no2)ccc1-c1cc(=O)c(C)c(C)[nH]1. The molecule has 0 saturated carbocycles. The van der Waals surface area contributed by atoms with E-state index in [4.69, 9.17) is 9.26 Å². The topological polar surface area (TPSA) is 68.1 Å². The third kappa shape index (κ3) is 2.77. The van der Waals surface area contributed by atoms with Gasteiger partial charge in [-0.3, -0.25) is 4.79 Å². The van der Waals surface area contributed by atoms with E-state index in [1.54, 1.807) is 13.2 Å². The lowest BCUT2D eigenvalue weighted by atomic mass is 10.0. The average Bonchev–Trinajstić information content (AvgIpc) is 2.98. The van der Waals surface area contributed by atoms with Crippen molar-refractivity contribution in [3.63, 3.8) is 0 Å². The fraction of sp³-hybridized carbons (Fsp3) is 0.222. The Labute approximate surface area is 133 Å². The van der Waals surface area contributed by atoms with Crippen LogP contribution >= 0.6 is 0 Å². The third-order valence-corrected chi connectivity index (χ3v) is 3.93. The van der Waals surface area contributed by atoms with Gasteiger partial charge in [-0.15, -0.1) is 0 Å². The maximum atomic E-state index is 12.0. The van der Waals surface area contributed by atoms with E-state index < -0.39 is 0 Å². The highest BCUT2D eigenvalue weighted by Gasteiger charge is 2.13. The van der Waals surface area contributed by atoms with Crippen LogP contribution in [0.1, 0.15) is 17.0 Å². The third-order valence-electron chi connectivity index (χ3n) is 3.93. The van der Waals surface area contributed by atoms with Gasteiger partial charge < -0.3 is 14.2 Å². The van der Waals surface area contributed by atoms with Crippen molar-refractivity contribution in [2.75, 3.05) is 7.11 Å². The fourth-order valence-electron chi connectivity index (χ4n) is 2.47. The minimum atomic E-state index is 0.00763. The van der Waals surface area contributed by atoms with Gasteiger partial charge in [-0.05, 0) is 32.9 Å². The maximum Gasteiger partial charge on any atom is 0.185 e. The van der Waals surface area contributed by atoms with E-state index in [9.17, 15) is 4.79 Å². The summed E-state index contributed by atoms with van der Waals surface area (Å²) in [6.45, 7) is 5.57. The van der Waals surface area contributed by atoms with Crippen molar-refractivity contribution in [3.8, 4) is 28.3 Å². The van der Waals surface area contributed by atoms with Crippen molar-refractivity contribution >= 4 is 0 Å². The molecule has 0 unspecified atom stereocenters. The summed E-state index contributed by atoms with van der Waals surface area (Å²) in [7, 11) is 1.60. The zero-order valence-electron chi connectivity index (χ0n) is 13.6. The Kier molecular flexibility index (Phi) is 3.78. The molecule has 23 heavy (non-hydrogen) atoms. The van der Waals surface area contributed by atoms with Gasteiger partial charge >= 0.3 is 0 Å². The van der Waals surface area contributed by atoms with Gasteiger partial charge in [0.05, 0.1) is 18.5 Å². The number of rotatable bonds is 3. The van der Waals surface area contributed by atoms with Gasteiger partial charge in [-0.2, -0.15) is 0 Å². The number of methoxy groups -OCH3 is 1. The van der Waals surface area contributed by atoms with E-state index in [-0.39, 0.29) is 5.43 Å². The van der Waals surface area contributed by atoms with Crippen molar-refractivity contribution in [1.82, 2.24) is 10.1 Å². The van der Waals surface area contributed by atoms with Crippen LogP contribution in [0.4, 0.5) is 0 Å². The van der Waals surface area contributed by atoms with E-state index >= 15 is 0 Å². The number of hydrogen-bond acceptors (Lipinski definition) is 4.